The number of ether oxygens (including phenoxy) is 1. The predicted octanol–water partition coefficient (Wildman–Crippen LogP) is 5.04. The van der Waals surface area contributed by atoms with Crippen molar-refractivity contribution in [1.29, 1.82) is 0 Å². The van der Waals surface area contributed by atoms with Crippen molar-refractivity contribution in [2.45, 2.75) is 49.9 Å². The first kappa shape index (κ1) is 27.2. The van der Waals surface area contributed by atoms with Gasteiger partial charge in [0, 0.05) is 41.5 Å². The largest absolute Gasteiger partial charge is 0.507 e. The number of hydrogen-bond acceptors (Lipinski definition) is 8. The minimum absolute atomic E-state index is 0.0796. The van der Waals surface area contributed by atoms with E-state index in [0.29, 0.717) is 18.8 Å². The fraction of sp³-hybridized carbons (Fsp3) is 0.355. The summed E-state index contributed by atoms with van der Waals surface area (Å²) in [5, 5.41) is 23.8. The molecule has 0 radical (unpaired) electrons. The van der Waals surface area contributed by atoms with E-state index in [1.807, 2.05) is 0 Å². The molecule has 2 aromatic carbocycles. The number of phenols is 1. The van der Waals surface area contributed by atoms with Crippen LogP contribution in [0, 0.1) is 24.0 Å². The topological polar surface area (TPSA) is 121 Å². The van der Waals surface area contributed by atoms with E-state index < -0.39 is 40.6 Å². The number of carbonyl (C=O) groups is 1. The maximum atomic E-state index is 16.5. The van der Waals surface area contributed by atoms with E-state index in [9.17, 15) is 23.8 Å². The summed E-state index contributed by atoms with van der Waals surface area (Å²) >= 11 is 0. The Morgan fingerprint density at radius 3 is 2.81 bits per heavy atom. The number of pyridine rings is 1. The Kier molecular flexibility index (Phi) is 6.32. The van der Waals surface area contributed by atoms with Crippen LogP contribution in [0.5, 0.6) is 11.8 Å². The van der Waals surface area contributed by atoms with Crippen molar-refractivity contribution in [3.8, 4) is 35.4 Å². The van der Waals surface area contributed by atoms with Gasteiger partial charge in [-0.3, -0.25) is 9.88 Å². The monoisotopic (exact) mass is 589 g/mol. The van der Waals surface area contributed by atoms with Crippen molar-refractivity contribution in [3.05, 3.63) is 47.2 Å². The summed E-state index contributed by atoms with van der Waals surface area (Å²) in [6, 6.07) is 3.21. The second kappa shape index (κ2) is 9.98. The van der Waals surface area contributed by atoms with Crippen molar-refractivity contribution < 1.29 is 32.9 Å². The van der Waals surface area contributed by atoms with Crippen molar-refractivity contribution in [3.63, 3.8) is 0 Å². The molecular weight excluding hydrogens is 563 g/mol. The molecule has 12 heteroatoms. The highest BCUT2D eigenvalue weighted by Gasteiger charge is 2.49. The van der Waals surface area contributed by atoms with Gasteiger partial charge in [-0.15, -0.1) is 6.42 Å². The number of carboxylic acid groups (broad SMARTS) is 1. The Morgan fingerprint density at radius 2 is 2.07 bits per heavy atom. The summed E-state index contributed by atoms with van der Waals surface area (Å²) in [5.74, 6) is -1.35. The molecule has 2 saturated heterocycles. The molecule has 0 amide bonds. The predicted molar refractivity (Wildman–Crippen MR) is 152 cm³/mol. The van der Waals surface area contributed by atoms with Crippen molar-refractivity contribution in [2.75, 3.05) is 25.0 Å². The normalized spacial score (nSPS) is 21.7. The Balaban J connectivity index is 1.39. The van der Waals surface area contributed by atoms with Crippen LogP contribution in [-0.2, 0) is 0 Å². The van der Waals surface area contributed by atoms with E-state index in [0.717, 1.165) is 44.4 Å². The average molecular weight is 590 g/mol. The number of aromatic nitrogens is 3. The molecule has 9 nitrogen and oxygen atoms in total. The van der Waals surface area contributed by atoms with Gasteiger partial charge >= 0.3 is 12.0 Å². The third-order valence-electron chi connectivity index (χ3n) is 8.66. The zero-order valence-electron chi connectivity index (χ0n) is 22.8. The second-order valence-electron chi connectivity index (χ2n) is 11.4. The van der Waals surface area contributed by atoms with Crippen LogP contribution in [0.15, 0.2) is 24.4 Å². The van der Waals surface area contributed by atoms with Gasteiger partial charge in [-0.1, -0.05) is 12.0 Å². The molecule has 3 fully saturated rings. The third-order valence-corrected chi connectivity index (χ3v) is 8.66. The van der Waals surface area contributed by atoms with Crippen LogP contribution < -0.4 is 10.1 Å². The Labute approximate surface area is 243 Å². The van der Waals surface area contributed by atoms with Crippen LogP contribution in [0.4, 0.5) is 19.0 Å². The van der Waals surface area contributed by atoms with Crippen LogP contribution in [0.25, 0.3) is 32.9 Å². The minimum Gasteiger partial charge on any atom is -0.507 e. The highest BCUT2D eigenvalue weighted by Crippen LogP contribution is 2.42. The van der Waals surface area contributed by atoms with Gasteiger partial charge in [0.05, 0.1) is 16.5 Å². The first-order valence-electron chi connectivity index (χ1n) is 14.0. The molecule has 7 rings (SSSR count). The number of anilines is 1. The molecule has 3 N–H and O–H groups in total. The molecule has 2 atom stereocenters. The fourth-order valence-electron chi connectivity index (χ4n) is 6.50. The van der Waals surface area contributed by atoms with Gasteiger partial charge in [0.15, 0.2) is 5.82 Å². The number of nitrogens with zero attached hydrogens (tertiary/aromatic N) is 4. The summed E-state index contributed by atoms with van der Waals surface area (Å²) in [6.45, 7) is 1.27. The highest BCUT2D eigenvalue weighted by molar-refractivity contribution is 6.13. The smallest absolute Gasteiger partial charge is 0.340 e. The van der Waals surface area contributed by atoms with E-state index in [2.05, 4.69) is 31.1 Å². The number of rotatable bonds is 7. The number of benzene rings is 2. The van der Waals surface area contributed by atoms with Gasteiger partial charge in [-0.2, -0.15) is 9.97 Å². The van der Waals surface area contributed by atoms with Crippen molar-refractivity contribution in [1.82, 2.24) is 19.9 Å². The molecule has 220 valence electrons. The molecular formula is C31H26F3N5O4. The van der Waals surface area contributed by atoms with E-state index >= 15 is 4.39 Å². The summed E-state index contributed by atoms with van der Waals surface area (Å²) in [5.41, 5.74) is -1.87. The van der Waals surface area contributed by atoms with Gasteiger partial charge < -0.3 is 20.3 Å². The van der Waals surface area contributed by atoms with Crippen LogP contribution in [-0.4, -0.2) is 73.5 Å². The third kappa shape index (κ3) is 4.46. The number of nitrogens with one attached hydrogen (secondary N) is 1. The first-order valence-corrected chi connectivity index (χ1v) is 14.0. The summed E-state index contributed by atoms with van der Waals surface area (Å²) < 4.78 is 51.7. The molecule has 0 spiro atoms. The first-order chi connectivity index (χ1) is 20.7. The number of carboxylic acids is 1. The molecule has 2 aromatic heterocycles. The maximum absolute atomic E-state index is 16.5. The SMILES string of the molecule is C#Cc1c(F)ccc2c(C(=O)O)c(O)cc(-c3ncc4c(NC5CC5)nc(OC[C@@]56CCCN5C[C@H](F)C6)nc4c3F)c12. The quantitative estimate of drug-likeness (QED) is 0.255. The number of hydrogen-bond donors (Lipinski definition) is 3. The standard InChI is InChI=1S/C31H26F3N5O4/c1-2-17-21(33)7-6-18-23(17)19(10-22(40)24(18)29(41)42)26-25(34)27-20(12-35-26)28(36-16-4-5-16)38-30(37-27)43-14-31-8-3-9-39(31)13-15(32)11-31/h1,6-7,10,12,15-16,40H,3-5,8-9,11,13-14H2,(H,41,42)(H,36,37,38)/t15-,31+/m1/s1. The lowest BCUT2D eigenvalue weighted by Gasteiger charge is -2.30. The summed E-state index contributed by atoms with van der Waals surface area (Å²) in [6.07, 6.45) is 9.86. The minimum atomic E-state index is -1.47. The molecule has 3 aliphatic rings. The van der Waals surface area contributed by atoms with Crippen LogP contribution in [0.3, 0.4) is 0 Å². The summed E-state index contributed by atoms with van der Waals surface area (Å²) in [4.78, 5) is 27.2. The molecule has 0 bridgehead atoms. The maximum Gasteiger partial charge on any atom is 0.340 e. The van der Waals surface area contributed by atoms with E-state index in [-0.39, 0.29) is 57.2 Å². The van der Waals surface area contributed by atoms with Crippen LogP contribution in [0.1, 0.15) is 48.0 Å². The van der Waals surface area contributed by atoms with E-state index in [1.54, 1.807) is 0 Å². The number of terminal acetylenes is 1. The highest BCUT2D eigenvalue weighted by atomic mass is 19.1. The van der Waals surface area contributed by atoms with Crippen molar-refractivity contribution in [2.24, 2.45) is 0 Å². The molecule has 4 aromatic rings. The Hall–Kier alpha value is -4.63. The van der Waals surface area contributed by atoms with Crippen LogP contribution in [0.2, 0.25) is 0 Å². The van der Waals surface area contributed by atoms with Crippen molar-refractivity contribution >= 4 is 33.5 Å². The zero-order chi connectivity index (χ0) is 30.0. The fourth-order valence-corrected chi connectivity index (χ4v) is 6.50. The van der Waals surface area contributed by atoms with Crippen LogP contribution >= 0.6 is 0 Å². The lowest BCUT2D eigenvalue weighted by molar-refractivity contribution is 0.0696. The second-order valence-corrected chi connectivity index (χ2v) is 11.4. The number of alkyl halides is 1. The molecule has 0 unspecified atom stereocenters. The molecule has 43 heavy (non-hydrogen) atoms. The number of aromatic hydroxyl groups is 1. The lowest BCUT2D eigenvalue weighted by Crippen LogP contribution is -2.43. The van der Waals surface area contributed by atoms with E-state index in [4.69, 9.17) is 11.2 Å². The summed E-state index contributed by atoms with van der Waals surface area (Å²) in [7, 11) is 0. The average Bonchev–Trinajstić information content (AvgIpc) is 3.62. The Bertz CT molecular complexity index is 1880. The number of fused-ring (bicyclic) bond motifs is 3. The van der Waals surface area contributed by atoms with E-state index in [1.165, 1.54) is 12.3 Å². The number of aromatic carboxylic acids is 1. The molecule has 4 heterocycles. The van der Waals surface area contributed by atoms with Gasteiger partial charge in [0.1, 0.15) is 46.9 Å². The molecule has 1 aliphatic carbocycles. The molecule has 1 saturated carbocycles. The van der Waals surface area contributed by atoms with Gasteiger partial charge in [-0.05, 0) is 44.4 Å². The zero-order valence-corrected chi connectivity index (χ0v) is 22.8. The Morgan fingerprint density at radius 1 is 1.26 bits per heavy atom. The lowest BCUT2D eigenvalue weighted by atomic mass is 9.92. The van der Waals surface area contributed by atoms with Gasteiger partial charge in [-0.25, -0.2) is 18.0 Å². The van der Waals surface area contributed by atoms with Gasteiger partial charge in [0.25, 0.3) is 0 Å². The molecule has 2 aliphatic heterocycles. The van der Waals surface area contributed by atoms with Gasteiger partial charge in [0.2, 0.25) is 0 Å². The number of halogens is 3.